The van der Waals surface area contributed by atoms with Gasteiger partial charge >= 0.3 is 0 Å². The Kier molecular flexibility index (Phi) is 4.29. The summed E-state index contributed by atoms with van der Waals surface area (Å²) < 4.78 is 0. The van der Waals surface area contributed by atoms with Crippen LogP contribution in [0.15, 0.2) is 46.5 Å². The summed E-state index contributed by atoms with van der Waals surface area (Å²) in [6, 6.07) is 9.24. The number of nitrogens with zero attached hydrogens (tertiary/aromatic N) is 1. The molecule has 0 aliphatic carbocycles. The molecule has 2 N–H and O–H groups in total. The first-order chi connectivity index (χ1) is 8.19. The number of nitrogens with two attached hydrogens (primary N) is 1. The Labute approximate surface area is 114 Å². The van der Waals surface area contributed by atoms with Crippen molar-refractivity contribution in [3.05, 3.63) is 52.1 Å². The first-order valence-corrected chi connectivity index (χ1v) is 6.54. The molecule has 0 saturated carbocycles. The van der Waals surface area contributed by atoms with E-state index in [1.807, 2.05) is 18.2 Å². The number of benzene rings is 1. The van der Waals surface area contributed by atoms with Crippen molar-refractivity contribution >= 4 is 35.0 Å². The topological polar surface area (TPSA) is 38.9 Å². The Morgan fingerprint density at radius 2 is 2.00 bits per heavy atom. The van der Waals surface area contributed by atoms with Crippen LogP contribution in [0.3, 0.4) is 0 Å². The van der Waals surface area contributed by atoms with Crippen LogP contribution in [0, 0.1) is 0 Å². The van der Waals surface area contributed by atoms with Crippen LogP contribution in [-0.2, 0) is 6.54 Å². The Morgan fingerprint density at radius 3 is 2.65 bits per heavy atom. The highest BCUT2D eigenvalue weighted by atomic mass is 35.5. The Hall–Kier alpha value is -0.740. The minimum Gasteiger partial charge on any atom is -0.326 e. The van der Waals surface area contributed by atoms with Crippen molar-refractivity contribution in [2.24, 2.45) is 5.73 Å². The minimum atomic E-state index is 0.496. The van der Waals surface area contributed by atoms with Crippen LogP contribution in [0.5, 0.6) is 0 Å². The maximum absolute atomic E-state index is 6.08. The van der Waals surface area contributed by atoms with Gasteiger partial charge in [-0.25, -0.2) is 4.98 Å². The highest BCUT2D eigenvalue weighted by Gasteiger charge is 2.04. The summed E-state index contributed by atoms with van der Waals surface area (Å²) >= 11 is 13.5. The lowest BCUT2D eigenvalue weighted by atomic mass is 10.3. The van der Waals surface area contributed by atoms with Gasteiger partial charge in [0.2, 0.25) is 0 Å². The molecule has 5 heteroatoms. The number of pyridine rings is 1. The molecule has 0 amide bonds. The molecule has 2 nitrogen and oxygen atoms in total. The molecule has 0 radical (unpaired) electrons. The molecule has 0 spiro atoms. The average Bonchev–Trinajstić information content (AvgIpc) is 2.35. The monoisotopic (exact) mass is 284 g/mol. The first kappa shape index (κ1) is 12.7. The molecule has 0 unspecified atom stereocenters. The van der Waals surface area contributed by atoms with E-state index >= 15 is 0 Å². The molecular weight excluding hydrogens is 275 g/mol. The highest BCUT2D eigenvalue weighted by molar-refractivity contribution is 7.99. The lowest BCUT2D eigenvalue weighted by Crippen LogP contribution is -1.96. The average molecular weight is 285 g/mol. The predicted octanol–water partition coefficient (Wildman–Crippen LogP) is 4.00. The fourth-order valence-corrected chi connectivity index (χ4v) is 2.55. The smallest absolute Gasteiger partial charge is 0.101 e. The summed E-state index contributed by atoms with van der Waals surface area (Å²) in [5, 5.41) is 2.20. The van der Waals surface area contributed by atoms with Crippen LogP contribution in [0.4, 0.5) is 0 Å². The molecular formula is C12H10Cl2N2S. The number of hydrogen-bond acceptors (Lipinski definition) is 3. The normalized spacial score (nSPS) is 10.5. The van der Waals surface area contributed by atoms with E-state index in [0.29, 0.717) is 16.6 Å². The third kappa shape index (κ3) is 3.36. The van der Waals surface area contributed by atoms with E-state index in [-0.39, 0.29) is 0 Å². The van der Waals surface area contributed by atoms with Gasteiger partial charge in [0.05, 0.1) is 5.02 Å². The van der Waals surface area contributed by atoms with E-state index in [2.05, 4.69) is 4.98 Å². The van der Waals surface area contributed by atoms with Crippen molar-refractivity contribution in [3.8, 4) is 0 Å². The molecule has 1 heterocycles. The number of aromatic nitrogens is 1. The number of rotatable bonds is 3. The van der Waals surface area contributed by atoms with Gasteiger partial charge in [0.1, 0.15) is 5.03 Å². The lowest BCUT2D eigenvalue weighted by Gasteiger charge is -2.04. The van der Waals surface area contributed by atoms with Gasteiger partial charge in [-0.15, -0.1) is 0 Å². The third-order valence-electron chi connectivity index (χ3n) is 2.14. The zero-order chi connectivity index (χ0) is 12.3. The molecule has 0 saturated heterocycles. The van der Waals surface area contributed by atoms with Crippen LogP contribution in [0.1, 0.15) is 5.56 Å². The van der Waals surface area contributed by atoms with Crippen molar-refractivity contribution in [1.29, 1.82) is 0 Å². The second-order valence-corrected chi connectivity index (χ2v) is 5.29. The van der Waals surface area contributed by atoms with Gasteiger partial charge in [-0.05, 0) is 29.8 Å². The lowest BCUT2D eigenvalue weighted by molar-refractivity contribution is 1.01. The Balaban J connectivity index is 2.22. The summed E-state index contributed by atoms with van der Waals surface area (Å²) in [5.74, 6) is 0. The minimum absolute atomic E-state index is 0.496. The van der Waals surface area contributed by atoms with Crippen molar-refractivity contribution in [1.82, 2.24) is 4.98 Å². The van der Waals surface area contributed by atoms with Gasteiger partial charge < -0.3 is 5.73 Å². The number of hydrogen-bond donors (Lipinski definition) is 1. The van der Waals surface area contributed by atoms with Gasteiger partial charge in [-0.2, -0.15) is 0 Å². The van der Waals surface area contributed by atoms with Crippen molar-refractivity contribution in [3.63, 3.8) is 0 Å². The second kappa shape index (κ2) is 5.74. The van der Waals surface area contributed by atoms with Gasteiger partial charge in [-0.3, -0.25) is 0 Å². The Bertz CT molecular complexity index is 514. The van der Waals surface area contributed by atoms with Crippen LogP contribution in [0.25, 0.3) is 0 Å². The van der Waals surface area contributed by atoms with Gasteiger partial charge in [0.25, 0.3) is 0 Å². The van der Waals surface area contributed by atoms with Gasteiger partial charge in [0.15, 0.2) is 0 Å². The van der Waals surface area contributed by atoms with Crippen molar-refractivity contribution in [2.75, 3.05) is 0 Å². The van der Waals surface area contributed by atoms with Crippen LogP contribution in [-0.4, -0.2) is 4.98 Å². The van der Waals surface area contributed by atoms with E-state index in [0.717, 1.165) is 15.5 Å². The highest BCUT2D eigenvalue weighted by Crippen LogP contribution is 2.33. The Morgan fingerprint density at radius 1 is 1.18 bits per heavy atom. The predicted molar refractivity (Wildman–Crippen MR) is 72.7 cm³/mol. The van der Waals surface area contributed by atoms with E-state index in [4.69, 9.17) is 28.9 Å². The van der Waals surface area contributed by atoms with E-state index < -0.39 is 0 Å². The summed E-state index contributed by atoms with van der Waals surface area (Å²) in [6.07, 6.45) is 1.76. The van der Waals surface area contributed by atoms with Crippen molar-refractivity contribution < 1.29 is 0 Å². The van der Waals surface area contributed by atoms with Gasteiger partial charge in [-0.1, -0.05) is 41.0 Å². The largest absolute Gasteiger partial charge is 0.326 e. The summed E-state index contributed by atoms with van der Waals surface area (Å²) in [4.78, 5) is 5.19. The quantitative estimate of drug-likeness (QED) is 0.926. The summed E-state index contributed by atoms with van der Waals surface area (Å²) in [5.41, 5.74) is 6.52. The fourth-order valence-electron chi connectivity index (χ4n) is 1.26. The van der Waals surface area contributed by atoms with Crippen LogP contribution >= 0.6 is 35.0 Å². The molecule has 2 rings (SSSR count). The van der Waals surface area contributed by atoms with E-state index in [9.17, 15) is 0 Å². The molecule has 1 aromatic heterocycles. The molecule has 0 fully saturated rings. The molecule has 2 aromatic rings. The first-order valence-electron chi connectivity index (χ1n) is 4.97. The molecule has 1 aromatic carbocycles. The molecule has 0 aliphatic heterocycles. The molecule has 0 bridgehead atoms. The van der Waals surface area contributed by atoms with E-state index in [1.54, 1.807) is 18.3 Å². The van der Waals surface area contributed by atoms with E-state index in [1.165, 1.54) is 11.8 Å². The third-order valence-corrected chi connectivity index (χ3v) is 3.83. The molecule has 0 atom stereocenters. The molecule has 0 aliphatic rings. The standard InChI is InChI=1S/C12H10Cl2N2S/c13-9-2-3-10(14)11(5-9)17-12-4-1-8(6-15)7-16-12/h1-5,7H,6,15H2. The SMILES string of the molecule is NCc1ccc(Sc2cc(Cl)ccc2Cl)nc1. The van der Waals surface area contributed by atoms with Crippen molar-refractivity contribution in [2.45, 2.75) is 16.5 Å². The maximum Gasteiger partial charge on any atom is 0.101 e. The summed E-state index contributed by atoms with van der Waals surface area (Å²) in [6.45, 7) is 0.496. The van der Waals surface area contributed by atoms with Crippen LogP contribution in [0.2, 0.25) is 10.0 Å². The van der Waals surface area contributed by atoms with Crippen LogP contribution < -0.4 is 5.73 Å². The van der Waals surface area contributed by atoms with Gasteiger partial charge in [0, 0.05) is 22.7 Å². The zero-order valence-corrected chi connectivity index (χ0v) is 11.2. The molecule has 88 valence electrons. The fraction of sp³-hybridized carbons (Fsp3) is 0.0833. The zero-order valence-electron chi connectivity index (χ0n) is 8.86. The molecule has 17 heavy (non-hydrogen) atoms. The number of halogens is 2. The maximum atomic E-state index is 6.08. The second-order valence-electron chi connectivity index (χ2n) is 3.39. The summed E-state index contributed by atoms with van der Waals surface area (Å²) in [7, 11) is 0.